The number of ether oxygens (including phenoxy) is 3. The van der Waals surface area contributed by atoms with Gasteiger partial charge in [-0.3, -0.25) is 0 Å². The van der Waals surface area contributed by atoms with Crippen molar-refractivity contribution in [1.82, 2.24) is 5.32 Å². The minimum absolute atomic E-state index is 0.220. The average Bonchev–Trinajstić information content (AvgIpc) is 2.34. The first-order valence-corrected chi connectivity index (χ1v) is 5.19. The Balaban J connectivity index is 2.96. The number of benzene rings is 1. The van der Waals surface area contributed by atoms with Gasteiger partial charge in [-0.25, -0.2) is 0 Å². The molecule has 1 aromatic rings. The van der Waals surface area contributed by atoms with Crippen LogP contribution in [0.2, 0.25) is 0 Å². The highest BCUT2D eigenvalue weighted by Crippen LogP contribution is 2.29. The fourth-order valence-corrected chi connectivity index (χ4v) is 1.40. The van der Waals surface area contributed by atoms with Crippen LogP contribution in [0.5, 0.6) is 11.5 Å². The molecule has 0 aliphatic rings. The van der Waals surface area contributed by atoms with E-state index in [9.17, 15) is 0 Å². The first-order valence-electron chi connectivity index (χ1n) is 5.19. The second kappa shape index (κ2) is 6.35. The third kappa shape index (κ3) is 3.12. The highest BCUT2D eigenvalue weighted by molar-refractivity contribution is 5.42. The molecule has 1 aromatic carbocycles. The first kappa shape index (κ1) is 12.8. The highest BCUT2D eigenvalue weighted by atomic mass is 16.7. The standard InChI is InChI=1S/C12H19NO3/c1-9(13-2)11-6-5-10(15-4)7-12(11)16-8-14-3/h5-7,9,13H,8H2,1-4H3. The molecule has 0 radical (unpaired) electrons. The minimum Gasteiger partial charge on any atom is -0.497 e. The number of nitrogens with one attached hydrogen (secondary N) is 1. The molecule has 0 aliphatic carbocycles. The zero-order chi connectivity index (χ0) is 12.0. The smallest absolute Gasteiger partial charge is 0.188 e. The summed E-state index contributed by atoms with van der Waals surface area (Å²) in [6.07, 6.45) is 0. The van der Waals surface area contributed by atoms with Crippen molar-refractivity contribution in [2.24, 2.45) is 0 Å². The summed E-state index contributed by atoms with van der Waals surface area (Å²) < 4.78 is 15.6. The van der Waals surface area contributed by atoms with Gasteiger partial charge in [0.2, 0.25) is 0 Å². The lowest BCUT2D eigenvalue weighted by Gasteiger charge is -2.17. The predicted octanol–water partition coefficient (Wildman–Crippen LogP) is 1.96. The van der Waals surface area contributed by atoms with Crippen molar-refractivity contribution < 1.29 is 14.2 Å². The fraction of sp³-hybridized carbons (Fsp3) is 0.500. The maximum absolute atomic E-state index is 5.51. The first-order chi connectivity index (χ1) is 7.72. The van der Waals surface area contributed by atoms with Crippen LogP contribution in [-0.2, 0) is 4.74 Å². The Bertz CT molecular complexity index is 328. The molecule has 4 nitrogen and oxygen atoms in total. The van der Waals surface area contributed by atoms with Crippen LogP contribution in [0.3, 0.4) is 0 Å². The van der Waals surface area contributed by atoms with Crippen LogP contribution < -0.4 is 14.8 Å². The second-order valence-electron chi connectivity index (χ2n) is 3.46. The number of hydrogen-bond donors (Lipinski definition) is 1. The molecule has 0 bridgehead atoms. The van der Waals surface area contributed by atoms with E-state index in [2.05, 4.69) is 12.2 Å². The van der Waals surface area contributed by atoms with E-state index >= 15 is 0 Å². The zero-order valence-electron chi connectivity index (χ0n) is 10.2. The molecule has 0 amide bonds. The van der Waals surface area contributed by atoms with Crippen molar-refractivity contribution in [3.8, 4) is 11.5 Å². The maximum Gasteiger partial charge on any atom is 0.188 e. The van der Waals surface area contributed by atoms with Gasteiger partial charge in [-0.05, 0) is 20.0 Å². The molecule has 90 valence electrons. The molecule has 0 heterocycles. The molecule has 1 atom stereocenters. The number of hydrogen-bond acceptors (Lipinski definition) is 4. The second-order valence-corrected chi connectivity index (χ2v) is 3.46. The summed E-state index contributed by atoms with van der Waals surface area (Å²) in [6, 6.07) is 5.99. The van der Waals surface area contributed by atoms with E-state index in [0.717, 1.165) is 17.1 Å². The Kier molecular flexibility index (Phi) is 5.08. The van der Waals surface area contributed by atoms with Gasteiger partial charge in [0.05, 0.1) is 7.11 Å². The SMILES string of the molecule is CNC(C)c1ccc(OC)cc1OCOC. The van der Waals surface area contributed by atoms with E-state index in [1.165, 1.54) is 0 Å². The molecule has 4 heteroatoms. The Morgan fingerprint density at radius 3 is 2.62 bits per heavy atom. The van der Waals surface area contributed by atoms with Crippen LogP contribution in [0.4, 0.5) is 0 Å². The Labute approximate surface area is 96.5 Å². The van der Waals surface area contributed by atoms with Gasteiger partial charge < -0.3 is 19.5 Å². The lowest BCUT2D eigenvalue weighted by atomic mass is 10.1. The van der Waals surface area contributed by atoms with Crippen molar-refractivity contribution in [3.63, 3.8) is 0 Å². The third-order valence-electron chi connectivity index (χ3n) is 2.45. The van der Waals surface area contributed by atoms with Gasteiger partial charge in [0.15, 0.2) is 6.79 Å². The van der Waals surface area contributed by atoms with E-state index in [-0.39, 0.29) is 12.8 Å². The normalized spacial score (nSPS) is 12.2. The van der Waals surface area contributed by atoms with Crippen LogP contribution in [-0.4, -0.2) is 28.1 Å². The molecule has 0 aromatic heterocycles. The van der Waals surface area contributed by atoms with Crippen molar-refractivity contribution in [2.45, 2.75) is 13.0 Å². The summed E-state index contributed by atoms with van der Waals surface area (Å²) in [5.41, 5.74) is 1.08. The fourth-order valence-electron chi connectivity index (χ4n) is 1.40. The van der Waals surface area contributed by atoms with E-state index in [1.807, 2.05) is 25.2 Å². The monoisotopic (exact) mass is 225 g/mol. The molecule has 0 saturated heterocycles. The summed E-state index contributed by atoms with van der Waals surface area (Å²) in [5, 5.41) is 3.17. The van der Waals surface area contributed by atoms with Crippen LogP contribution >= 0.6 is 0 Å². The van der Waals surface area contributed by atoms with Crippen molar-refractivity contribution >= 4 is 0 Å². The van der Waals surface area contributed by atoms with Crippen molar-refractivity contribution in [1.29, 1.82) is 0 Å². The molecular formula is C12H19NO3. The molecule has 1 unspecified atom stereocenters. The topological polar surface area (TPSA) is 39.7 Å². The summed E-state index contributed by atoms with van der Waals surface area (Å²) in [5.74, 6) is 1.56. The molecule has 0 fully saturated rings. The van der Waals surface area contributed by atoms with Gasteiger partial charge >= 0.3 is 0 Å². The summed E-state index contributed by atoms with van der Waals surface area (Å²) in [7, 11) is 5.15. The zero-order valence-corrected chi connectivity index (χ0v) is 10.2. The van der Waals surface area contributed by atoms with Gasteiger partial charge in [0.25, 0.3) is 0 Å². The highest BCUT2D eigenvalue weighted by Gasteiger charge is 2.11. The van der Waals surface area contributed by atoms with E-state index in [0.29, 0.717) is 0 Å². The minimum atomic E-state index is 0.220. The number of rotatable bonds is 6. The maximum atomic E-state index is 5.51. The van der Waals surface area contributed by atoms with Gasteiger partial charge in [-0.1, -0.05) is 6.07 Å². The molecule has 0 aliphatic heterocycles. The molecule has 1 N–H and O–H groups in total. The Morgan fingerprint density at radius 1 is 1.31 bits per heavy atom. The van der Waals surface area contributed by atoms with E-state index in [1.54, 1.807) is 14.2 Å². The summed E-state index contributed by atoms with van der Waals surface area (Å²) >= 11 is 0. The van der Waals surface area contributed by atoms with Gasteiger partial charge in [-0.2, -0.15) is 0 Å². The number of methoxy groups -OCH3 is 2. The lowest BCUT2D eigenvalue weighted by molar-refractivity contribution is 0.0500. The Hall–Kier alpha value is -1.26. The third-order valence-corrected chi connectivity index (χ3v) is 2.45. The van der Waals surface area contributed by atoms with E-state index < -0.39 is 0 Å². The molecule has 0 saturated carbocycles. The lowest BCUT2D eigenvalue weighted by Crippen LogP contribution is -2.14. The molecule has 16 heavy (non-hydrogen) atoms. The quantitative estimate of drug-likeness (QED) is 0.751. The van der Waals surface area contributed by atoms with Crippen LogP contribution in [0, 0.1) is 0 Å². The van der Waals surface area contributed by atoms with Gasteiger partial charge in [0, 0.05) is 24.8 Å². The molecule has 1 rings (SSSR count). The van der Waals surface area contributed by atoms with E-state index in [4.69, 9.17) is 14.2 Å². The molecular weight excluding hydrogens is 206 g/mol. The van der Waals surface area contributed by atoms with Gasteiger partial charge in [0.1, 0.15) is 11.5 Å². The predicted molar refractivity (Wildman–Crippen MR) is 63.0 cm³/mol. The van der Waals surface area contributed by atoms with Crippen molar-refractivity contribution in [3.05, 3.63) is 23.8 Å². The van der Waals surface area contributed by atoms with Crippen molar-refractivity contribution in [2.75, 3.05) is 28.1 Å². The van der Waals surface area contributed by atoms with Crippen LogP contribution in [0.1, 0.15) is 18.5 Å². The largest absolute Gasteiger partial charge is 0.497 e. The van der Waals surface area contributed by atoms with Crippen LogP contribution in [0.25, 0.3) is 0 Å². The molecule has 0 spiro atoms. The van der Waals surface area contributed by atoms with Crippen LogP contribution in [0.15, 0.2) is 18.2 Å². The Morgan fingerprint density at radius 2 is 2.06 bits per heavy atom. The summed E-state index contributed by atoms with van der Waals surface area (Å²) in [4.78, 5) is 0. The summed E-state index contributed by atoms with van der Waals surface area (Å²) in [6.45, 7) is 2.30. The van der Waals surface area contributed by atoms with Gasteiger partial charge in [-0.15, -0.1) is 0 Å². The average molecular weight is 225 g/mol.